The molecule has 0 aliphatic carbocycles. The van der Waals surface area contributed by atoms with E-state index in [0.29, 0.717) is 0 Å². The number of benzene rings is 7. The minimum Gasteiger partial charge on any atom is -0.457 e. The summed E-state index contributed by atoms with van der Waals surface area (Å²) >= 11 is 0. The normalized spacial score (nSPS) is 10.8. The Kier molecular flexibility index (Phi) is 8.69. The first-order valence-corrected chi connectivity index (χ1v) is 16.8. The van der Waals surface area contributed by atoms with Crippen LogP contribution in [-0.2, 0) is 0 Å². The number of ether oxygens (including phenoxy) is 1. The topological polar surface area (TPSA) is 25.4 Å². The Labute approximate surface area is 293 Å². The van der Waals surface area contributed by atoms with Crippen molar-refractivity contribution in [1.29, 1.82) is 0 Å². The molecule has 0 aliphatic rings. The number of hydrogen-bond acceptors (Lipinski definition) is 3. The van der Waals surface area contributed by atoms with Crippen molar-refractivity contribution in [2.75, 3.05) is 4.90 Å². The molecule has 0 spiro atoms. The number of aromatic nitrogens is 1. The fourth-order valence-electron chi connectivity index (χ4n) is 6.21. The van der Waals surface area contributed by atoms with E-state index in [2.05, 4.69) is 163 Å². The van der Waals surface area contributed by atoms with Gasteiger partial charge in [0.15, 0.2) is 0 Å². The molecule has 0 saturated carbocycles. The maximum absolute atomic E-state index is 6.43. The number of hydrogen-bond donors (Lipinski definition) is 0. The smallest absolute Gasteiger partial charge is 0.128 e. The van der Waals surface area contributed by atoms with Gasteiger partial charge in [0.05, 0.1) is 11.4 Å². The highest BCUT2D eigenvalue weighted by Gasteiger charge is 2.13. The number of nitrogens with zero attached hydrogens (tertiary/aromatic N) is 2. The van der Waals surface area contributed by atoms with Crippen LogP contribution in [0.1, 0.15) is 0 Å². The van der Waals surface area contributed by atoms with Gasteiger partial charge in [-0.25, -0.2) is 4.98 Å². The predicted molar refractivity (Wildman–Crippen MR) is 207 cm³/mol. The second kappa shape index (κ2) is 14.2. The van der Waals surface area contributed by atoms with Crippen LogP contribution in [0.4, 0.5) is 17.1 Å². The molecular weight excluding hydrogens is 609 g/mol. The zero-order valence-electron chi connectivity index (χ0n) is 27.4. The highest BCUT2D eigenvalue weighted by atomic mass is 16.5. The third kappa shape index (κ3) is 6.80. The molecule has 8 rings (SSSR count). The number of pyridine rings is 1. The van der Waals surface area contributed by atoms with Crippen molar-refractivity contribution in [3.05, 3.63) is 206 Å². The molecule has 0 saturated heterocycles. The van der Waals surface area contributed by atoms with Crippen molar-refractivity contribution in [1.82, 2.24) is 4.98 Å². The SMILES string of the molecule is c1ccc(-c2ccc(-c3cc(-c4ccccc4)nc(-c4cccc(Oc5ccc(N(c6ccccc6)c6ccccc6)cc5)c4)c3)cc2)cc1. The highest BCUT2D eigenvalue weighted by molar-refractivity contribution is 5.79. The molecule has 3 nitrogen and oxygen atoms in total. The minimum absolute atomic E-state index is 0.749. The van der Waals surface area contributed by atoms with Crippen molar-refractivity contribution < 1.29 is 4.74 Å². The van der Waals surface area contributed by atoms with E-state index in [4.69, 9.17) is 9.72 Å². The van der Waals surface area contributed by atoms with Crippen molar-refractivity contribution >= 4 is 17.1 Å². The summed E-state index contributed by atoms with van der Waals surface area (Å²) in [5.41, 5.74) is 11.7. The first-order valence-electron chi connectivity index (χ1n) is 16.8. The third-order valence-corrected chi connectivity index (χ3v) is 8.71. The molecule has 7 aromatic carbocycles. The molecule has 1 aromatic heterocycles. The summed E-state index contributed by atoms with van der Waals surface area (Å²) in [5.74, 6) is 1.51. The Morgan fingerprint density at radius 3 is 1.32 bits per heavy atom. The lowest BCUT2D eigenvalue weighted by Gasteiger charge is -2.25. The van der Waals surface area contributed by atoms with Crippen LogP contribution in [0.15, 0.2) is 206 Å². The van der Waals surface area contributed by atoms with Gasteiger partial charge in [0, 0.05) is 28.2 Å². The van der Waals surface area contributed by atoms with Gasteiger partial charge in [-0.15, -0.1) is 0 Å². The van der Waals surface area contributed by atoms with E-state index in [1.807, 2.05) is 48.5 Å². The van der Waals surface area contributed by atoms with Crippen LogP contribution in [0.25, 0.3) is 44.8 Å². The second-order valence-electron chi connectivity index (χ2n) is 12.1. The molecule has 0 unspecified atom stereocenters. The minimum atomic E-state index is 0.749. The van der Waals surface area contributed by atoms with Crippen molar-refractivity contribution in [2.45, 2.75) is 0 Å². The summed E-state index contributed by atoms with van der Waals surface area (Å²) in [4.78, 5) is 7.38. The standard InChI is InChI=1S/C47H34N2O/c1-5-14-35(15-6-1)36-24-26-37(27-25-36)40-33-46(38-16-7-2-8-17-38)48-47(34-40)39-18-13-23-45(32-39)50-44-30-28-43(29-31-44)49(41-19-9-3-10-20-41)42-21-11-4-12-22-42/h1-34H. The van der Waals surface area contributed by atoms with E-state index in [-0.39, 0.29) is 0 Å². The van der Waals surface area contributed by atoms with Crippen LogP contribution in [0.3, 0.4) is 0 Å². The van der Waals surface area contributed by atoms with E-state index in [1.165, 1.54) is 11.1 Å². The maximum atomic E-state index is 6.43. The highest BCUT2D eigenvalue weighted by Crippen LogP contribution is 2.37. The summed E-state index contributed by atoms with van der Waals surface area (Å²) < 4.78 is 6.43. The summed E-state index contributed by atoms with van der Waals surface area (Å²) in [6.45, 7) is 0. The molecule has 238 valence electrons. The van der Waals surface area contributed by atoms with Gasteiger partial charge >= 0.3 is 0 Å². The zero-order chi connectivity index (χ0) is 33.5. The summed E-state index contributed by atoms with van der Waals surface area (Å²) in [6, 6.07) is 71.1. The van der Waals surface area contributed by atoms with Gasteiger partial charge in [-0.05, 0) is 95.1 Å². The third-order valence-electron chi connectivity index (χ3n) is 8.71. The average molecular weight is 643 g/mol. The predicted octanol–water partition coefficient (Wildman–Crippen LogP) is 13.0. The molecule has 0 radical (unpaired) electrons. The Balaban J connectivity index is 1.09. The lowest BCUT2D eigenvalue weighted by molar-refractivity contribution is 0.483. The average Bonchev–Trinajstić information content (AvgIpc) is 3.20. The van der Waals surface area contributed by atoms with Gasteiger partial charge in [-0.3, -0.25) is 0 Å². The maximum Gasteiger partial charge on any atom is 0.128 e. The van der Waals surface area contributed by atoms with Crippen LogP contribution in [-0.4, -0.2) is 4.98 Å². The molecule has 0 fully saturated rings. The van der Waals surface area contributed by atoms with E-state index in [0.717, 1.165) is 62.2 Å². The quantitative estimate of drug-likeness (QED) is 0.157. The van der Waals surface area contributed by atoms with Crippen LogP contribution < -0.4 is 9.64 Å². The second-order valence-corrected chi connectivity index (χ2v) is 12.1. The van der Waals surface area contributed by atoms with Gasteiger partial charge in [0.1, 0.15) is 11.5 Å². The zero-order valence-corrected chi connectivity index (χ0v) is 27.4. The molecule has 0 atom stereocenters. The summed E-state index contributed by atoms with van der Waals surface area (Å²) in [5, 5.41) is 0. The first kappa shape index (κ1) is 30.6. The molecule has 50 heavy (non-hydrogen) atoms. The molecule has 1 heterocycles. The lowest BCUT2D eigenvalue weighted by atomic mass is 9.97. The van der Waals surface area contributed by atoms with E-state index in [9.17, 15) is 0 Å². The molecule has 8 aromatic rings. The van der Waals surface area contributed by atoms with E-state index in [1.54, 1.807) is 0 Å². The summed E-state index contributed by atoms with van der Waals surface area (Å²) in [7, 11) is 0. The van der Waals surface area contributed by atoms with E-state index >= 15 is 0 Å². The van der Waals surface area contributed by atoms with Crippen molar-refractivity contribution in [3.63, 3.8) is 0 Å². The van der Waals surface area contributed by atoms with Crippen LogP contribution in [0, 0.1) is 0 Å². The van der Waals surface area contributed by atoms with Gasteiger partial charge in [0.2, 0.25) is 0 Å². The van der Waals surface area contributed by atoms with Crippen LogP contribution in [0.5, 0.6) is 11.5 Å². The van der Waals surface area contributed by atoms with Crippen molar-refractivity contribution in [2.24, 2.45) is 0 Å². The molecular formula is C47H34N2O. The molecule has 3 heteroatoms. The van der Waals surface area contributed by atoms with E-state index < -0.39 is 0 Å². The Morgan fingerprint density at radius 2 is 0.740 bits per heavy atom. The van der Waals surface area contributed by atoms with Gasteiger partial charge in [0.25, 0.3) is 0 Å². The fraction of sp³-hybridized carbons (Fsp3) is 0. The monoisotopic (exact) mass is 642 g/mol. The Hall–Kier alpha value is -6.71. The summed E-state index contributed by atoms with van der Waals surface area (Å²) in [6.07, 6.45) is 0. The number of anilines is 3. The van der Waals surface area contributed by atoms with Gasteiger partial charge < -0.3 is 9.64 Å². The largest absolute Gasteiger partial charge is 0.457 e. The number of para-hydroxylation sites is 2. The Bertz CT molecular complexity index is 2270. The van der Waals surface area contributed by atoms with Crippen LogP contribution in [0.2, 0.25) is 0 Å². The molecule has 0 N–H and O–H groups in total. The molecule has 0 bridgehead atoms. The van der Waals surface area contributed by atoms with Crippen LogP contribution >= 0.6 is 0 Å². The first-order chi connectivity index (χ1) is 24.8. The lowest BCUT2D eigenvalue weighted by Crippen LogP contribution is -2.09. The fourth-order valence-corrected chi connectivity index (χ4v) is 6.21. The molecule has 0 aliphatic heterocycles. The van der Waals surface area contributed by atoms with Gasteiger partial charge in [-0.1, -0.05) is 133 Å². The molecule has 0 amide bonds. The van der Waals surface area contributed by atoms with Gasteiger partial charge in [-0.2, -0.15) is 0 Å². The Morgan fingerprint density at radius 1 is 0.300 bits per heavy atom. The number of rotatable bonds is 9. The van der Waals surface area contributed by atoms with Crippen molar-refractivity contribution in [3.8, 4) is 56.3 Å².